The molecule has 1 fully saturated rings. The zero-order chi connectivity index (χ0) is 43.4. The summed E-state index contributed by atoms with van der Waals surface area (Å²) in [6, 6.07) is 0. The molecule has 0 aromatic heterocycles. The summed E-state index contributed by atoms with van der Waals surface area (Å²) in [7, 11) is -9.75. The molecule has 0 aliphatic heterocycles. The molecule has 0 aromatic rings. The van der Waals surface area contributed by atoms with Gasteiger partial charge in [0.25, 0.3) is 0 Å². The van der Waals surface area contributed by atoms with Crippen LogP contribution in [0.3, 0.4) is 0 Å². The van der Waals surface area contributed by atoms with Crippen LogP contribution >= 0.6 is 15.6 Å². The van der Waals surface area contributed by atoms with Gasteiger partial charge >= 0.3 is 27.6 Å². The smallest absolute Gasteiger partial charge is 0.462 e. The number of hydrogen-bond acceptors (Lipinski definition) is 13. The van der Waals surface area contributed by atoms with Gasteiger partial charge in [-0.2, -0.15) is 0 Å². The number of allylic oxidation sites excluding steroid dienone is 1. The van der Waals surface area contributed by atoms with Crippen LogP contribution in [0.4, 0.5) is 0 Å². The fourth-order valence-corrected chi connectivity index (χ4v) is 7.83. The van der Waals surface area contributed by atoms with Gasteiger partial charge in [-0.1, -0.05) is 123 Å². The molecule has 0 aromatic carbocycles. The Kier molecular flexibility index (Phi) is 29.4. The average molecular weight is 873 g/mol. The van der Waals surface area contributed by atoms with Crippen molar-refractivity contribution in [2.24, 2.45) is 17.8 Å². The van der Waals surface area contributed by atoms with Crippen molar-refractivity contribution in [1.82, 2.24) is 0 Å². The highest BCUT2D eigenvalue weighted by Crippen LogP contribution is 2.44. The second kappa shape index (κ2) is 31.3. The van der Waals surface area contributed by atoms with Gasteiger partial charge in [-0.25, -0.2) is 9.13 Å². The summed E-state index contributed by atoms with van der Waals surface area (Å²) >= 11 is 0. The molecule has 1 rings (SSSR count). The maximum absolute atomic E-state index is 12.7. The molecular formula is C40H74O16P2. The largest absolute Gasteiger partial charge is 0.472 e. The molecule has 1 saturated carbocycles. The van der Waals surface area contributed by atoms with E-state index in [1.54, 1.807) is 12.2 Å². The molecule has 7 atom stereocenters. The van der Waals surface area contributed by atoms with E-state index in [4.69, 9.17) is 23.8 Å². The van der Waals surface area contributed by atoms with E-state index in [2.05, 4.69) is 29.8 Å². The second-order valence-corrected chi connectivity index (χ2v) is 18.6. The highest BCUT2D eigenvalue weighted by Gasteiger charge is 2.39. The lowest BCUT2D eigenvalue weighted by Gasteiger charge is -2.20. The zero-order valence-corrected chi connectivity index (χ0v) is 36.8. The second-order valence-electron chi connectivity index (χ2n) is 15.9. The van der Waals surface area contributed by atoms with Crippen LogP contribution in [0.5, 0.6) is 0 Å². The van der Waals surface area contributed by atoms with Crippen LogP contribution in [0.2, 0.25) is 0 Å². The van der Waals surface area contributed by atoms with E-state index in [0.29, 0.717) is 38.0 Å². The van der Waals surface area contributed by atoms with Gasteiger partial charge in [0.05, 0.1) is 32.0 Å². The Bertz CT molecular complexity index is 1260. The van der Waals surface area contributed by atoms with Crippen LogP contribution in [0.1, 0.15) is 156 Å². The SMILES string of the molecule is CCCCC[C@H](O)/C=C/[C@H]1C(=O)C[C@H](O)[C@@H]1CCCCCCC(=O)OC[C@H](COP(=O)(O)OC[C@@H](O)COP(=O)(O)O)OC(=O)CCCCCCCCCCC(C)C. The van der Waals surface area contributed by atoms with Gasteiger partial charge in [-0.15, -0.1) is 0 Å². The monoisotopic (exact) mass is 872 g/mol. The molecule has 58 heavy (non-hydrogen) atoms. The van der Waals surface area contributed by atoms with Crippen LogP contribution in [-0.2, 0) is 46.6 Å². The maximum Gasteiger partial charge on any atom is 0.472 e. The van der Waals surface area contributed by atoms with Crippen molar-refractivity contribution in [3.63, 3.8) is 0 Å². The third-order valence-electron chi connectivity index (χ3n) is 9.98. The molecular weight excluding hydrogens is 798 g/mol. The van der Waals surface area contributed by atoms with E-state index in [1.807, 2.05) is 0 Å². The fourth-order valence-electron chi connectivity index (χ4n) is 6.67. The summed E-state index contributed by atoms with van der Waals surface area (Å²) in [5.74, 6) is -1.15. The van der Waals surface area contributed by atoms with E-state index in [1.165, 1.54) is 25.7 Å². The lowest BCUT2D eigenvalue weighted by molar-refractivity contribution is -0.161. The van der Waals surface area contributed by atoms with Crippen molar-refractivity contribution >= 4 is 33.4 Å². The number of unbranched alkanes of at least 4 members (excludes halogenated alkanes) is 12. The summed E-state index contributed by atoms with van der Waals surface area (Å²) in [4.78, 5) is 65.3. The average Bonchev–Trinajstić information content (AvgIpc) is 3.42. The highest BCUT2D eigenvalue weighted by atomic mass is 31.2. The normalized spacial score (nSPS) is 20.0. The van der Waals surface area contributed by atoms with Crippen molar-refractivity contribution in [3.05, 3.63) is 12.2 Å². The standard InChI is InChI=1S/C40H74O16P2/c1-4-5-14-20-32(41)24-25-36-35(37(43)26-38(36)44)21-16-12-13-17-22-39(45)52-29-34(30-55-58(50,51)54-28-33(42)27-53-57(47,48)49)56-40(46)23-18-11-9-7-6-8-10-15-19-31(2)3/h24-25,31-37,41-43H,4-23,26-30H2,1-3H3,(H,50,51)(H2,47,48,49)/b25-24+/t32-,33-,34+,35+,36+,37-/m0/s1. The highest BCUT2D eigenvalue weighted by molar-refractivity contribution is 7.47. The number of ketones is 1. The topological polar surface area (TPSA) is 253 Å². The lowest BCUT2D eigenvalue weighted by Crippen LogP contribution is -2.30. The van der Waals surface area contributed by atoms with Gasteiger partial charge < -0.3 is 39.5 Å². The lowest BCUT2D eigenvalue weighted by atomic mass is 9.88. The van der Waals surface area contributed by atoms with Crippen LogP contribution < -0.4 is 0 Å². The molecule has 0 radical (unpaired) electrons. The number of carbonyl (C=O) groups is 3. The molecule has 1 unspecified atom stereocenters. The van der Waals surface area contributed by atoms with Crippen molar-refractivity contribution in [2.45, 2.75) is 180 Å². The number of phosphoric ester groups is 2. The molecule has 340 valence electrons. The Labute approximate surface area is 345 Å². The number of carbonyl (C=O) groups excluding carboxylic acids is 3. The van der Waals surface area contributed by atoms with Gasteiger partial charge in [-0.05, 0) is 37.5 Å². The van der Waals surface area contributed by atoms with Gasteiger partial charge in [0.2, 0.25) is 0 Å². The number of phosphoric acid groups is 2. The first-order chi connectivity index (χ1) is 27.4. The van der Waals surface area contributed by atoms with Gasteiger partial charge in [0.15, 0.2) is 6.10 Å². The predicted molar refractivity (Wildman–Crippen MR) is 217 cm³/mol. The number of rotatable bonds is 36. The van der Waals surface area contributed by atoms with Gasteiger partial charge in [0, 0.05) is 25.2 Å². The van der Waals surface area contributed by atoms with Crippen LogP contribution in [0.15, 0.2) is 12.2 Å². The first kappa shape index (κ1) is 54.5. The van der Waals surface area contributed by atoms with E-state index >= 15 is 0 Å². The molecule has 0 spiro atoms. The molecule has 0 bridgehead atoms. The van der Waals surface area contributed by atoms with Gasteiger partial charge in [0.1, 0.15) is 18.5 Å². The van der Waals surface area contributed by atoms with Crippen molar-refractivity contribution in [1.29, 1.82) is 0 Å². The number of aliphatic hydroxyl groups excluding tert-OH is 3. The number of ether oxygens (including phenoxy) is 2. The molecule has 1 aliphatic carbocycles. The Morgan fingerprint density at radius 3 is 1.91 bits per heavy atom. The number of Topliss-reactive ketones (excluding diaryl/α,β-unsaturated/α-hetero) is 1. The van der Waals surface area contributed by atoms with E-state index in [9.17, 15) is 43.7 Å². The molecule has 1 aliphatic rings. The first-order valence-electron chi connectivity index (χ1n) is 21.3. The molecule has 6 N–H and O–H groups in total. The van der Waals surface area contributed by atoms with E-state index in [-0.39, 0.29) is 31.0 Å². The summed E-state index contributed by atoms with van der Waals surface area (Å²) in [6.45, 7) is 3.63. The molecule has 18 heteroatoms. The van der Waals surface area contributed by atoms with E-state index in [0.717, 1.165) is 57.8 Å². The molecule has 16 nitrogen and oxygen atoms in total. The van der Waals surface area contributed by atoms with Crippen molar-refractivity contribution in [2.75, 3.05) is 26.4 Å². The molecule has 0 amide bonds. The number of aliphatic hydroxyl groups is 3. The zero-order valence-electron chi connectivity index (χ0n) is 35.0. The van der Waals surface area contributed by atoms with Crippen LogP contribution in [0, 0.1) is 17.8 Å². The molecule has 0 heterocycles. The first-order valence-corrected chi connectivity index (χ1v) is 24.4. The minimum Gasteiger partial charge on any atom is -0.462 e. The van der Waals surface area contributed by atoms with Crippen molar-refractivity contribution < 1.29 is 76.6 Å². The van der Waals surface area contributed by atoms with Crippen LogP contribution in [0.25, 0.3) is 0 Å². The Balaban J connectivity index is 2.55. The van der Waals surface area contributed by atoms with E-state index < -0.39 is 84.3 Å². The number of hydrogen-bond donors (Lipinski definition) is 6. The van der Waals surface area contributed by atoms with Gasteiger partial charge in [-0.3, -0.25) is 28.0 Å². The Morgan fingerprint density at radius 1 is 0.741 bits per heavy atom. The van der Waals surface area contributed by atoms with Crippen molar-refractivity contribution in [3.8, 4) is 0 Å². The fraction of sp³-hybridized carbons (Fsp3) is 0.875. The number of esters is 2. The third-order valence-corrected chi connectivity index (χ3v) is 11.4. The van der Waals surface area contributed by atoms with Crippen LogP contribution in [-0.4, -0.2) is 98.6 Å². The third kappa shape index (κ3) is 28.8. The summed E-state index contributed by atoms with van der Waals surface area (Å²) in [5.41, 5.74) is 0. The summed E-state index contributed by atoms with van der Waals surface area (Å²) in [5, 5.41) is 30.5. The minimum atomic E-state index is -4.89. The summed E-state index contributed by atoms with van der Waals surface area (Å²) < 4.78 is 47.7. The molecule has 0 saturated heterocycles. The predicted octanol–water partition coefficient (Wildman–Crippen LogP) is 7.01. The Morgan fingerprint density at radius 2 is 1.29 bits per heavy atom. The maximum atomic E-state index is 12.7. The minimum absolute atomic E-state index is 0.0282. The summed E-state index contributed by atoms with van der Waals surface area (Å²) in [6.07, 6.45) is 15.8. The quantitative estimate of drug-likeness (QED) is 0.0160. The Hall–Kier alpha value is -1.55.